The van der Waals surface area contributed by atoms with Crippen molar-refractivity contribution in [1.29, 1.82) is 0 Å². The Bertz CT molecular complexity index is 429. The van der Waals surface area contributed by atoms with Crippen LogP contribution in [0.25, 0.3) is 0 Å². The molecule has 1 aromatic rings. The van der Waals surface area contributed by atoms with Gasteiger partial charge in [0.2, 0.25) is 0 Å². The van der Waals surface area contributed by atoms with E-state index < -0.39 is 0 Å². The zero-order valence-electron chi connectivity index (χ0n) is 11.3. The maximum Gasteiger partial charge on any atom is 0.123 e. The van der Waals surface area contributed by atoms with Crippen molar-refractivity contribution < 1.29 is 4.39 Å². The first-order valence-electron chi connectivity index (χ1n) is 7.81. The molecular formula is C17H22FN. The summed E-state index contributed by atoms with van der Waals surface area (Å²) in [5.41, 5.74) is 1.31. The summed E-state index contributed by atoms with van der Waals surface area (Å²) in [4.78, 5) is 0. The highest BCUT2D eigenvalue weighted by atomic mass is 19.1. The minimum Gasteiger partial charge on any atom is -0.311 e. The minimum atomic E-state index is -0.125. The Kier molecular flexibility index (Phi) is 2.87. The monoisotopic (exact) mass is 259 g/mol. The van der Waals surface area contributed by atoms with Crippen molar-refractivity contribution in [2.75, 3.05) is 0 Å². The van der Waals surface area contributed by atoms with Crippen molar-refractivity contribution in [3.63, 3.8) is 0 Å². The molecule has 0 bridgehead atoms. The van der Waals surface area contributed by atoms with E-state index in [2.05, 4.69) is 5.32 Å². The van der Waals surface area contributed by atoms with Gasteiger partial charge in [-0.15, -0.1) is 0 Å². The van der Waals surface area contributed by atoms with Gasteiger partial charge in [-0.25, -0.2) is 4.39 Å². The van der Waals surface area contributed by atoms with Crippen molar-refractivity contribution in [1.82, 2.24) is 5.32 Å². The number of halogens is 1. The molecule has 3 aliphatic carbocycles. The van der Waals surface area contributed by atoms with Gasteiger partial charge in [0, 0.05) is 12.1 Å². The minimum absolute atomic E-state index is 0.125. The fourth-order valence-electron chi connectivity index (χ4n) is 3.60. The normalized spacial score (nSPS) is 30.4. The third kappa shape index (κ3) is 2.55. The van der Waals surface area contributed by atoms with E-state index in [9.17, 15) is 4.39 Å². The van der Waals surface area contributed by atoms with Gasteiger partial charge in [0.25, 0.3) is 0 Å². The van der Waals surface area contributed by atoms with E-state index in [4.69, 9.17) is 0 Å². The van der Waals surface area contributed by atoms with Gasteiger partial charge < -0.3 is 5.32 Å². The van der Waals surface area contributed by atoms with Crippen LogP contribution in [-0.4, -0.2) is 12.1 Å². The second-order valence-corrected chi connectivity index (χ2v) is 6.78. The molecule has 102 valence electrons. The highest BCUT2D eigenvalue weighted by molar-refractivity contribution is 5.23. The molecule has 0 unspecified atom stereocenters. The summed E-state index contributed by atoms with van der Waals surface area (Å²) in [6.45, 7) is 0. The molecule has 19 heavy (non-hydrogen) atoms. The van der Waals surface area contributed by atoms with Gasteiger partial charge in [-0.2, -0.15) is 0 Å². The highest BCUT2D eigenvalue weighted by Gasteiger charge is 2.43. The Morgan fingerprint density at radius 3 is 2.05 bits per heavy atom. The summed E-state index contributed by atoms with van der Waals surface area (Å²) in [5, 5.41) is 3.91. The number of nitrogens with one attached hydrogen (secondary N) is 1. The molecule has 0 heterocycles. The van der Waals surface area contributed by atoms with Gasteiger partial charge in [0.15, 0.2) is 0 Å². The molecule has 0 spiro atoms. The molecule has 0 atom stereocenters. The second-order valence-electron chi connectivity index (χ2n) is 6.78. The maximum atomic E-state index is 12.9. The molecular weight excluding hydrogens is 237 g/mol. The second kappa shape index (κ2) is 4.59. The molecule has 0 saturated heterocycles. The summed E-state index contributed by atoms with van der Waals surface area (Å²) < 4.78 is 12.9. The molecule has 0 aliphatic heterocycles. The van der Waals surface area contributed by atoms with Gasteiger partial charge in [0.1, 0.15) is 5.82 Å². The summed E-state index contributed by atoms with van der Waals surface area (Å²) in [5.74, 6) is 2.49. The zero-order chi connectivity index (χ0) is 12.8. The largest absolute Gasteiger partial charge is 0.311 e. The fourth-order valence-corrected chi connectivity index (χ4v) is 3.60. The van der Waals surface area contributed by atoms with Gasteiger partial charge in [0.05, 0.1) is 0 Å². The van der Waals surface area contributed by atoms with Crippen molar-refractivity contribution >= 4 is 0 Å². The van der Waals surface area contributed by atoms with Crippen LogP contribution in [0.2, 0.25) is 0 Å². The number of rotatable bonds is 5. The van der Waals surface area contributed by atoms with Crippen molar-refractivity contribution in [2.24, 2.45) is 11.8 Å². The quantitative estimate of drug-likeness (QED) is 0.847. The lowest BCUT2D eigenvalue weighted by Crippen LogP contribution is -2.47. The first-order valence-corrected chi connectivity index (χ1v) is 7.81. The molecule has 3 saturated carbocycles. The molecule has 1 N–H and O–H groups in total. The smallest absolute Gasteiger partial charge is 0.123 e. The summed E-state index contributed by atoms with van der Waals surface area (Å²) in [7, 11) is 0. The Hall–Kier alpha value is -0.890. The highest BCUT2D eigenvalue weighted by Crippen LogP contribution is 2.46. The van der Waals surface area contributed by atoms with E-state index in [1.807, 2.05) is 12.1 Å². The van der Waals surface area contributed by atoms with Gasteiger partial charge in [-0.05, 0) is 74.0 Å². The van der Waals surface area contributed by atoms with Crippen molar-refractivity contribution in [3.05, 3.63) is 35.6 Å². The van der Waals surface area contributed by atoms with Crippen LogP contribution in [-0.2, 0) is 0 Å². The summed E-state index contributed by atoms with van der Waals surface area (Å²) in [6, 6.07) is 8.62. The van der Waals surface area contributed by atoms with Gasteiger partial charge in [-0.1, -0.05) is 12.1 Å². The molecule has 3 aliphatic rings. The van der Waals surface area contributed by atoms with Gasteiger partial charge >= 0.3 is 0 Å². The molecule has 1 nitrogen and oxygen atoms in total. The topological polar surface area (TPSA) is 12.0 Å². The zero-order valence-corrected chi connectivity index (χ0v) is 11.3. The van der Waals surface area contributed by atoms with E-state index in [0.717, 1.165) is 17.9 Å². The molecule has 0 aromatic heterocycles. The van der Waals surface area contributed by atoms with Crippen LogP contribution in [0.1, 0.15) is 50.0 Å². The maximum absolute atomic E-state index is 12.9. The molecule has 1 aromatic carbocycles. The van der Waals surface area contributed by atoms with E-state index in [-0.39, 0.29) is 5.82 Å². The Balaban J connectivity index is 1.31. The SMILES string of the molecule is Fc1ccc(C2CC(NC(C3CC3)C3CC3)C2)cc1. The number of hydrogen-bond acceptors (Lipinski definition) is 1. The van der Waals surface area contributed by atoms with Crippen LogP contribution < -0.4 is 5.32 Å². The van der Waals surface area contributed by atoms with Gasteiger partial charge in [-0.3, -0.25) is 0 Å². The Morgan fingerprint density at radius 1 is 0.947 bits per heavy atom. The van der Waals surface area contributed by atoms with E-state index >= 15 is 0 Å². The summed E-state index contributed by atoms with van der Waals surface area (Å²) >= 11 is 0. The third-order valence-corrected chi connectivity index (χ3v) is 5.17. The van der Waals surface area contributed by atoms with Crippen LogP contribution >= 0.6 is 0 Å². The predicted molar refractivity (Wildman–Crippen MR) is 74.5 cm³/mol. The number of hydrogen-bond donors (Lipinski definition) is 1. The first-order chi connectivity index (χ1) is 9.29. The summed E-state index contributed by atoms with van der Waals surface area (Å²) in [6.07, 6.45) is 8.26. The Labute approximate surface area is 114 Å². The molecule has 0 amide bonds. The standard InChI is InChI=1S/C17H22FN/c18-15-7-5-11(6-8-15)14-9-16(10-14)19-17(12-1-2-12)13-3-4-13/h5-8,12-14,16-17,19H,1-4,9-10H2. The first kappa shape index (κ1) is 11.9. The van der Waals surface area contributed by atoms with E-state index in [1.54, 1.807) is 12.1 Å². The lowest BCUT2D eigenvalue weighted by molar-refractivity contribution is 0.242. The lowest BCUT2D eigenvalue weighted by Gasteiger charge is -2.39. The van der Waals surface area contributed by atoms with Crippen LogP contribution in [0.3, 0.4) is 0 Å². The number of benzene rings is 1. The average Bonchev–Trinajstić information content (AvgIpc) is 3.24. The Morgan fingerprint density at radius 2 is 1.53 bits per heavy atom. The van der Waals surface area contributed by atoms with Crippen molar-refractivity contribution in [3.8, 4) is 0 Å². The van der Waals surface area contributed by atoms with Crippen LogP contribution in [0, 0.1) is 17.7 Å². The van der Waals surface area contributed by atoms with E-state index in [1.165, 1.54) is 44.1 Å². The molecule has 0 radical (unpaired) electrons. The van der Waals surface area contributed by atoms with Crippen molar-refractivity contribution in [2.45, 2.75) is 56.5 Å². The van der Waals surface area contributed by atoms with Crippen LogP contribution in [0.5, 0.6) is 0 Å². The fraction of sp³-hybridized carbons (Fsp3) is 0.647. The lowest BCUT2D eigenvalue weighted by atomic mass is 9.75. The molecule has 3 fully saturated rings. The average molecular weight is 259 g/mol. The third-order valence-electron chi connectivity index (χ3n) is 5.17. The van der Waals surface area contributed by atoms with E-state index in [0.29, 0.717) is 12.0 Å². The predicted octanol–water partition coefficient (Wildman–Crippen LogP) is 3.85. The van der Waals surface area contributed by atoms with Crippen LogP contribution in [0.4, 0.5) is 4.39 Å². The molecule has 4 rings (SSSR count). The molecule has 2 heteroatoms. The van der Waals surface area contributed by atoms with Crippen LogP contribution in [0.15, 0.2) is 24.3 Å².